The van der Waals surface area contributed by atoms with Crippen LogP contribution in [0.15, 0.2) is 35.5 Å². The molecule has 0 amide bonds. The Hall–Kier alpha value is -3.03. The van der Waals surface area contributed by atoms with Crippen molar-refractivity contribution in [1.82, 2.24) is 14.8 Å². The minimum Gasteiger partial charge on any atom is -0.328 e. The molecule has 0 radical (unpaired) electrons. The normalized spacial score (nSPS) is 22.2. The van der Waals surface area contributed by atoms with E-state index >= 15 is 0 Å². The van der Waals surface area contributed by atoms with Gasteiger partial charge in [0.05, 0.1) is 10.5 Å². The third-order valence-electron chi connectivity index (χ3n) is 4.66. The number of hydrogen-bond acceptors (Lipinski definition) is 6. The van der Waals surface area contributed by atoms with Crippen molar-refractivity contribution < 1.29 is 9.72 Å². The lowest BCUT2D eigenvalue weighted by atomic mass is 9.81. The minimum atomic E-state index is -0.631. The summed E-state index contributed by atoms with van der Waals surface area (Å²) >= 11 is 0. The second kappa shape index (κ2) is 5.51. The summed E-state index contributed by atoms with van der Waals surface area (Å²) in [5, 5.41) is 19.1. The zero-order valence-electron chi connectivity index (χ0n) is 13.9. The number of nitro benzene ring substituents is 1. The highest BCUT2D eigenvalue weighted by atomic mass is 16.6. The van der Waals surface area contributed by atoms with Crippen LogP contribution in [0, 0.1) is 23.0 Å². The summed E-state index contributed by atoms with van der Waals surface area (Å²) < 4.78 is 1.59. The van der Waals surface area contributed by atoms with Crippen molar-refractivity contribution in [3.05, 3.63) is 57.0 Å². The number of carbonyl (C=O) groups excluding carboxylic acids is 1. The molecule has 2 unspecified atom stereocenters. The highest BCUT2D eigenvalue weighted by Crippen LogP contribution is 2.43. The summed E-state index contributed by atoms with van der Waals surface area (Å²) in [4.78, 5) is 28.3. The van der Waals surface area contributed by atoms with E-state index in [9.17, 15) is 14.9 Å². The molecule has 2 aliphatic rings. The molecule has 0 fully saturated rings. The lowest BCUT2D eigenvalue weighted by molar-refractivity contribution is -0.385. The number of carbonyl (C=O) groups is 1. The van der Waals surface area contributed by atoms with Crippen LogP contribution < -0.4 is 5.32 Å². The van der Waals surface area contributed by atoms with Gasteiger partial charge in [-0.05, 0) is 25.3 Å². The standard InChI is InChI=1S/C17H17N5O3/c1-9-7-12-15(14(23)8-9)16(21-17(19-12)18-10(2)20-21)11-5-3-4-6-13(11)22(24)25/h3-6,9,16H,7-8H2,1-2H3,(H,18,19,20). The number of ketones is 1. The van der Waals surface area contributed by atoms with Crippen LogP contribution >= 0.6 is 0 Å². The Bertz CT molecular complexity index is 930. The number of hydrogen-bond donors (Lipinski definition) is 1. The van der Waals surface area contributed by atoms with Gasteiger partial charge in [0.2, 0.25) is 5.95 Å². The molecule has 2 atom stereocenters. The molecule has 8 heteroatoms. The van der Waals surface area contributed by atoms with Crippen molar-refractivity contribution >= 4 is 17.4 Å². The maximum atomic E-state index is 12.8. The first-order valence-corrected chi connectivity index (χ1v) is 8.15. The fraction of sp³-hybridized carbons (Fsp3) is 0.353. The van der Waals surface area contributed by atoms with Crippen LogP contribution in [0.25, 0.3) is 0 Å². The molecule has 25 heavy (non-hydrogen) atoms. The smallest absolute Gasteiger partial charge is 0.275 e. The van der Waals surface area contributed by atoms with Crippen LogP contribution in [-0.2, 0) is 4.79 Å². The quantitative estimate of drug-likeness (QED) is 0.666. The molecule has 4 rings (SSSR count). The first kappa shape index (κ1) is 15.5. The first-order valence-electron chi connectivity index (χ1n) is 8.15. The fourth-order valence-electron chi connectivity index (χ4n) is 3.69. The van der Waals surface area contributed by atoms with Crippen LogP contribution in [-0.4, -0.2) is 25.5 Å². The van der Waals surface area contributed by atoms with E-state index in [1.807, 2.05) is 6.92 Å². The summed E-state index contributed by atoms with van der Waals surface area (Å²) in [6, 6.07) is 5.87. The number of allylic oxidation sites excluding steroid dienone is 2. The molecule has 1 aliphatic carbocycles. The number of Topliss-reactive ketones (excluding diaryl/α,β-unsaturated/α-hetero) is 1. The number of para-hydroxylation sites is 1. The number of anilines is 1. The van der Waals surface area contributed by atoms with Crippen molar-refractivity contribution in [3.63, 3.8) is 0 Å². The zero-order chi connectivity index (χ0) is 17.7. The highest BCUT2D eigenvalue weighted by molar-refractivity contribution is 5.99. The number of aromatic nitrogens is 3. The molecule has 128 valence electrons. The van der Waals surface area contributed by atoms with Crippen LogP contribution in [0.4, 0.5) is 11.6 Å². The third-order valence-corrected chi connectivity index (χ3v) is 4.66. The molecule has 1 aromatic carbocycles. The zero-order valence-corrected chi connectivity index (χ0v) is 13.9. The van der Waals surface area contributed by atoms with Gasteiger partial charge in [0.1, 0.15) is 11.9 Å². The van der Waals surface area contributed by atoms with Crippen molar-refractivity contribution in [2.24, 2.45) is 5.92 Å². The number of benzene rings is 1. The minimum absolute atomic E-state index is 0.00297. The molecule has 1 aliphatic heterocycles. The van der Waals surface area contributed by atoms with Crippen LogP contribution in [0.2, 0.25) is 0 Å². The number of rotatable bonds is 2. The summed E-state index contributed by atoms with van der Waals surface area (Å²) in [7, 11) is 0. The third kappa shape index (κ3) is 2.41. The Kier molecular flexibility index (Phi) is 3.41. The fourth-order valence-corrected chi connectivity index (χ4v) is 3.69. The average molecular weight is 339 g/mol. The molecular formula is C17H17N5O3. The van der Waals surface area contributed by atoms with Gasteiger partial charge >= 0.3 is 0 Å². The van der Waals surface area contributed by atoms with Crippen LogP contribution in [0.3, 0.4) is 0 Å². The van der Waals surface area contributed by atoms with Gasteiger partial charge in [-0.1, -0.05) is 19.1 Å². The molecular weight excluding hydrogens is 322 g/mol. The largest absolute Gasteiger partial charge is 0.328 e. The van der Waals surface area contributed by atoms with Crippen LogP contribution in [0.1, 0.15) is 37.2 Å². The monoisotopic (exact) mass is 339 g/mol. The SMILES string of the molecule is Cc1nc2n(n1)C(c1ccccc1[N+](=O)[O-])C1=C(CC(C)CC1=O)N2. The van der Waals surface area contributed by atoms with E-state index in [1.165, 1.54) is 6.07 Å². The maximum Gasteiger partial charge on any atom is 0.275 e. The lowest BCUT2D eigenvalue weighted by Crippen LogP contribution is -2.33. The van der Waals surface area contributed by atoms with Gasteiger partial charge in [-0.2, -0.15) is 10.1 Å². The molecule has 1 N–H and O–H groups in total. The Morgan fingerprint density at radius 3 is 2.84 bits per heavy atom. The summed E-state index contributed by atoms with van der Waals surface area (Å²) in [6.45, 7) is 3.78. The molecule has 2 heterocycles. The van der Waals surface area contributed by atoms with Crippen molar-refractivity contribution in [2.45, 2.75) is 32.7 Å². The van der Waals surface area contributed by atoms with Gasteiger partial charge in [-0.3, -0.25) is 14.9 Å². The van der Waals surface area contributed by atoms with Gasteiger partial charge in [0, 0.05) is 23.8 Å². The first-order chi connectivity index (χ1) is 12.0. The highest BCUT2D eigenvalue weighted by Gasteiger charge is 2.40. The number of fused-ring (bicyclic) bond motifs is 1. The topological polar surface area (TPSA) is 103 Å². The van der Waals surface area contributed by atoms with Crippen molar-refractivity contribution in [2.75, 3.05) is 5.32 Å². The Morgan fingerprint density at radius 1 is 1.32 bits per heavy atom. The van der Waals surface area contributed by atoms with Crippen molar-refractivity contribution in [3.8, 4) is 0 Å². The molecule has 0 spiro atoms. The van der Waals surface area contributed by atoms with Gasteiger partial charge in [-0.25, -0.2) is 4.68 Å². The second-order valence-electron chi connectivity index (χ2n) is 6.60. The summed E-state index contributed by atoms with van der Waals surface area (Å²) in [5.74, 6) is 1.29. The lowest BCUT2D eigenvalue weighted by Gasteiger charge is -2.33. The molecule has 0 saturated heterocycles. The molecule has 2 aromatic rings. The van der Waals surface area contributed by atoms with Gasteiger partial charge < -0.3 is 5.32 Å². The molecule has 0 saturated carbocycles. The van der Waals surface area contributed by atoms with E-state index in [4.69, 9.17) is 0 Å². The number of nitrogens with zero attached hydrogens (tertiary/aromatic N) is 4. The number of nitro groups is 1. The number of nitrogens with one attached hydrogen (secondary N) is 1. The summed E-state index contributed by atoms with van der Waals surface area (Å²) in [6.07, 6.45) is 1.14. The van der Waals surface area contributed by atoms with Crippen molar-refractivity contribution in [1.29, 1.82) is 0 Å². The Balaban J connectivity index is 1.97. The predicted molar refractivity (Wildman–Crippen MR) is 90.0 cm³/mol. The van der Waals surface area contributed by atoms with E-state index < -0.39 is 11.0 Å². The van der Waals surface area contributed by atoms with Gasteiger partial charge in [0.25, 0.3) is 5.69 Å². The van der Waals surface area contributed by atoms with Gasteiger partial charge in [0.15, 0.2) is 5.78 Å². The van der Waals surface area contributed by atoms with E-state index in [0.29, 0.717) is 35.8 Å². The van der Waals surface area contributed by atoms with E-state index in [0.717, 1.165) is 5.70 Å². The Morgan fingerprint density at radius 2 is 2.08 bits per heavy atom. The van der Waals surface area contributed by atoms with Crippen LogP contribution in [0.5, 0.6) is 0 Å². The molecule has 0 bridgehead atoms. The van der Waals surface area contributed by atoms with E-state index in [1.54, 1.807) is 29.8 Å². The second-order valence-corrected chi connectivity index (χ2v) is 6.60. The predicted octanol–water partition coefficient (Wildman–Crippen LogP) is 2.76. The average Bonchev–Trinajstić information content (AvgIpc) is 2.92. The van der Waals surface area contributed by atoms with E-state index in [-0.39, 0.29) is 17.4 Å². The number of aryl methyl sites for hydroxylation is 1. The Labute approximate surface area is 143 Å². The molecule has 1 aromatic heterocycles. The summed E-state index contributed by atoms with van der Waals surface area (Å²) in [5.41, 5.74) is 1.79. The maximum absolute atomic E-state index is 12.8. The van der Waals surface area contributed by atoms with E-state index in [2.05, 4.69) is 15.4 Å². The van der Waals surface area contributed by atoms with Gasteiger partial charge in [-0.15, -0.1) is 0 Å². The molecule has 8 nitrogen and oxygen atoms in total.